The van der Waals surface area contributed by atoms with Gasteiger partial charge >= 0.3 is 12.0 Å². The number of carbonyl (C=O) groups is 2. The molecule has 2 saturated carbocycles. The fourth-order valence-corrected chi connectivity index (χ4v) is 3.25. The second kappa shape index (κ2) is 6.26. The Morgan fingerprint density at radius 1 is 1.05 bits per heavy atom. The Morgan fingerprint density at radius 2 is 1.68 bits per heavy atom. The Morgan fingerprint density at radius 3 is 2.26 bits per heavy atom. The van der Waals surface area contributed by atoms with Gasteiger partial charge in [0, 0.05) is 12.6 Å². The van der Waals surface area contributed by atoms with Gasteiger partial charge in [0.25, 0.3) is 0 Å². The third-order valence-corrected chi connectivity index (χ3v) is 4.54. The summed E-state index contributed by atoms with van der Waals surface area (Å²) >= 11 is 0. The lowest BCUT2D eigenvalue weighted by Gasteiger charge is -2.33. The lowest BCUT2D eigenvalue weighted by molar-refractivity contribution is -0.150. The molecular formula is C14H24N2O3. The minimum absolute atomic E-state index is 0.210. The maximum absolute atomic E-state index is 11.8. The van der Waals surface area contributed by atoms with Crippen molar-refractivity contribution in [2.75, 3.05) is 6.54 Å². The number of rotatable bonds is 4. The molecule has 0 unspecified atom stereocenters. The number of urea groups is 1. The van der Waals surface area contributed by atoms with E-state index >= 15 is 0 Å². The molecule has 19 heavy (non-hydrogen) atoms. The second-order valence-electron chi connectivity index (χ2n) is 5.95. The SMILES string of the molecule is O=C(NCC1(C(=O)O)CCCCC1)NC1CCCC1. The van der Waals surface area contributed by atoms with E-state index in [9.17, 15) is 14.7 Å². The molecule has 0 heterocycles. The number of carbonyl (C=O) groups excluding carboxylic acids is 1. The van der Waals surface area contributed by atoms with Gasteiger partial charge < -0.3 is 15.7 Å². The van der Waals surface area contributed by atoms with E-state index in [0.717, 1.165) is 32.1 Å². The summed E-state index contributed by atoms with van der Waals surface area (Å²) in [6.07, 6.45) is 8.75. The Labute approximate surface area is 114 Å². The Balaban J connectivity index is 1.81. The van der Waals surface area contributed by atoms with Crippen molar-refractivity contribution in [1.82, 2.24) is 10.6 Å². The van der Waals surface area contributed by atoms with Crippen LogP contribution in [0.2, 0.25) is 0 Å². The van der Waals surface area contributed by atoms with Crippen LogP contribution in [0.4, 0.5) is 4.79 Å². The molecule has 0 aliphatic heterocycles. The van der Waals surface area contributed by atoms with Crippen molar-refractivity contribution in [1.29, 1.82) is 0 Å². The molecule has 2 aliphatic rings. The molecule has 2 fully saturated rings. The average Bonchev–Trinajstić information content (AvgIpc) is 2.90. The first-order valence-corrected chi connectivity index (χ1v) is 7.40. The Hall–Kier alpha value is -1.26. The first-order valence-electron chi connectivity index (χ1n) is 7.40. The minimum Gasteiger partial charge on any atom is -0.481 e. The van der Waals surface area contributed by atoms with E-state index in [1.54, 1.807) is 0 Å². The van der Waals surface area contributed by atoms with Crippen LogP contribution in [0.25, 0.3) is 0 Å². The standard InChI is InChI=1S/C14H24N2O3/c17-12(18)14(8-4-1-5-9-14)10-15-13(19)16-11-6-2-3-7-11/h11H,1-10H2,(H,17,18)(H2,15,16,19). The van der Waals surface area contributed by atoms with Gasteiger partial charge in [-0.2, -0.15) is 0 Å². The van der Waals surface area contributed by atoms with Crippen molar-refractivity contribution in [2.45, 2.75) is 63.8 Å². The average molecular weight is 268 g/mol. The molecule has 0 aromatic carbocycles. The van der Waals surface area contributed by atoms with E-state index in [1.165, 1.54) is 12.8 Å². The molecule has 5 nitrogen and oxygen atoms in total. The smallest absolute Gasteiger partial charge is 0.315 e. The van der Waals surface area contributed by atoms with Crippen LogP contribution in [0.15, 0.2) is 0 Å². The Bertz CT molecular complexity index is 332. The highest BCUT2D eigenvalue weighted by Gasteiger charge is 2.39. The highest BCUT2D eigenvalue weighted by molar-refractivity contribution is 5.78. The van der Waals surface area contributed by atoms with Crippen molar-refractivity contribution in [3.63, 3.8) is 0 Å². The zero-order valence-electron chi connectivity index (χ0n) is 11.4. The summed E-state index contributed by atoms with van der Waals surface area (Å²) in [5.74, 6) is -0.770. The van der Waals surface area contributed by atoms with E-state index in [-0.39, 0.29) is 18.6 Å². The lowest BCUT2D eigenvalue weighted by Crippen LogP contribution is -2.48. The monoisotopic (exact) mass is 268 g/mol. The van der Waals surface area contributed by atoms with Crippen LogP contribution in [0.5, 0.6) is 0 Å². The molecule has 2 aliphatic carbocycles. The van der Waals surface area contributed by atoms with Crippen molar-refractivity contribution in [3.05, 3.63) is 0 Å². The second-order valence-corrected chi connectivity index (χ2v) is 5.95. The summed E-state index contributed by atoms with van der Waals surface area (Å²) in [6.45, 7) is 0.251. The molecule has 2 amide bonds. The molecule has 0 bridgehead atoms. The topological polar surface area (TPSA) is 78.4 Å². The van der Waals surface area contributed by atoms with Gasteiger partial charge in [-0.15, -0.1) is 0 Å². The zero-order valence-corrected chi connectivity index (χ0v) is 11.4. The maximum atomic E-state index is 11.8. The molecule has 0 radical (unpaired) electrons. The quantitative estimate of drug-likeness (QED) is 0.731. The van der Waals surface area contributed by atoms with Crippen molar-refractivity contribution >= 4 is 12.0 Å². The van der Waals surface area contributed by atoms with E-state index in [4.69, 9.17) is 0 Å². The van der Waals surface area contributed by atoms with Gasteiger partial charge in [0.05, 0.1) is 5.41 Å². The normalized spacial score (nSPS) is 22.9. The van der Waals surface area contributed by atoms with Gasteiger partial charge in [0.1, 0.15) is 0 Å². The summed E-state index contributed by atoms with van der Waals surface area (Å²) < 4.78 is 0. The van der Waals surface area contributed by atoms with Crippen LogP contribution in [0, 0.1) is 5.41 Å². The van der Waals surface area contributed by atoms with Crippen LogP contribution >= 0.6 is 0 Å². The molecule has 0 aromatic heterocycles. The van der Waals surface area contributed by atoms with Crippen LogP contribution < -0.4 is 10.6 Å². The van der Waals surface area contributed by atoms with E-state index < -0.39 is 11.4 Å². The summed E-state index contributed by atoms with van der Waals surface area (Å²) in [4.78, 5) is 23.3. The highest BCUT2D eigenvalue weighted by Crippen LogP contribution is 2.35. The predicted octanol–water partition coefficient (Wildman–Crippen LogP) is 2.26. The van der Waals surface area contributed by atoms with Gasteiger partial charge in [-0.05, 0) is 25.7 Å². The Kier molecular flexibility index (Phi) is 4.66. The first-order chi connectivity index (χ1) is 9.12. The number of carboxylic acids is 1. The first kappa shape index (κ1) is 14.2. The lowest BCUT2D eigenvalue weighted by atomic mass is 9.74. The molecule has 108 valence electrons. The van der Waals surface area contributed by atoms with Crippen LogP contribution in [0.1, 0.15) is 57.8 Å². The van der Waals surface area contributed by atoms with Gasteiger partial charge in [-0.3, -0.25) is 4.79 Å². The molecular weight excluding hydrogens is 244 g/mol. The fourth-order valence-electron chi connectivity index (χ4n) is 3.25. The number of hydrogen-bond donors (Lipinski definition) is 3. The number of amides is 2. The summed E-state index contributed by atoms with van der Waals surface area (Å²) in [5.41, 5.74) is -0.745. The van der Waals surface area contributed by atoms with Gasteiger partial charge in [-0.1, -0.05) is 32.1 Å². The fraction of sp³-hybridized carbons (Fsp3) is 0.857. The van der Waals surface area contributed by atoms with Gasteiger partial charge in [0.15, 0.2) is 0 Å². The largest absolute Gasteiger partial charge is 0.481 e. The molecule has 5 heteroatoms. The highest BCUT2D eigenvalue weighted by atomic mass is 16.4. The van der Waals surface area contributed by atoms with E-state index in [2.05, 4.69) is 10.6 Å². The number of aliphatic carboxylic acids is 1. The van der Waals surface area contributed by atoms with Gasteiger partial charge in [-0.25, -0.2) is 4.79 Å². The third-order valence-electron chi connectivity index (χ3n) is 4.54. The van der Waals surface area contributed by atoms with E-state index in [1.807, 2.05) is 0 Å². The van der Waals surface area contributed by atoms with Crippen LogP contribution in [-0.4, -0.2) is 29.7 Å². The summed E-state index contributed by atoms with van der Waals surface area (Å²) in [5, 5.41) is 15.1. The molecule has 2 rings (SSSR count). The molecule has 0 saturated heterocycles. The molecule has 3 N–H and O–H groups in total. The summed E-state index contributed by atoms with van der Waals surface area (Å²) in [6, 6.07) is 0.0604. The van der Waals surface area contributed by atoms with Crippen LogP contribution in [0.3, 0.4) is 0 Å². The number of hydrogen-bond acceptors (Lipinski definition) is 2. The van der Waals surface area contributed by atoms with Crippen molar-refractivity contribution < 1.29 is 14.7 Å². The molecule has 0 aromatic rings. The third kappa shape index (κ3) is 3.61. The van der Waals surface area contributed by atoms with Crippen LogP contribution in [-0.2, 0) is 4.79 Å². The summed E-state index contributed by atoms with van der Waals surface area (Å²) in [7, 11) is 0. The molecule has 0 spiro atoms. The molecule has 0 atom stereocenters. The van der Waals surface area contributed by atoms with Crippen molar-refractivity contribution in [2.24, 2.45) is 5.41 Å². The predicted molar refractivity (Wildman–Crippen MR) is 71.9 cm³/mol. The number of nitrogens with one attached hydrogen (secondary N) is 2. The zero-order chi connectivity index (χ0) is 13.7. The number of carboxylic acid groups (broad SMARTS) is 1. The van der Waals surface area contributed by atoms with Crippen molar-refractivity contribution in [3.8, 4) is 0 Å². The van der Waals surface area contributed by atoms with Gasteiger partial charge in [0.2, 0.25) is 0 Å². The van der Waals surface area contributed by atoms with E-state index in [0.29, 0.717) is 12.8 Å². The minimum atomic E-state index is -0.770. The maximum Gasteiger partial charge on any atom is 0.315 e.